The van der Waals surface area contributed by atoms with Crippen LogP contribution in [0.15, 0.2) is 67.5 Å². The number of benzene rings is 1. The van der Waals surface area contributed by atoms with Crippen molar-refractivity contribution >= 4 is 5.97 Å². The van der Waals surface area contributed by atoms with Gasteiger partial charge >= 0.3 is 11.9 Å². The van der Waals surface area contributed by atoms with Crippen LogP contribution in [0.3, 0.4) is 0 Å². The highest BCUT2D eigenvalue weighted by Gasteiger charge is 2.46. The highest BCUT2D eigenvalue weighted by molar-refractivity contribution is 5.89. The molecule has 28 heavy (non-hydrogen) atoms. The largest absolute Gasteiger partial charge is 0.466 e. The first-order valence-electron chi connectivity index (χ1n) is 8.74. The molecule has 154 valence electrons. The van der Waals surface area contributed by atoms with Crippen molar-refractivity contribution in [2.75, 3.05) is 27.1 Å². The van der Waals surface area contributed by atoms with Crippen LogP contribution in [0.25, 0.3) is 0 Å². The molecule has 0 spiro atoms. The van der Waals surface area contributed by atoms with E-state index in [4.69, 9.17) is 18.9 Å². The van der Waals surface area contributed by atoms with E-state index in [0.29, 0.717) is 13.0 Å². The molecule has 0 aromatic heterocycles. The molecular formula is C21H26F2O5. The van der Waals surface area contributed by atoms with E-state index in [0.717, 1.165) is 6.08 Å². The van der Waals surface area contributed by atoms with Crippen LogP contribution in [-0.4, -0.2) is 45.1 Å². The highest BCUT2D eigenvalue weighted by Crippen LogP contribution is 2.33. The molecule has 0 aliphatic heterocycles. The lowest BCUT2D eigenvalue weighted by Crippen LogP contribution is -2.39. The molecule has 0 saturated heterocycles. The number of ether oxygens (including phenoxy) is 4. The van der Waals surface area contributed by atoms with Gasteiger partial charge in [0.15, 0.2) is 18.7 Å². The maximum absolute atomic E-state index is 15.0. The van der Waals surface area contributed by atoms with Crippen LogP contribution in [0.5, 0.6) is 0 Å². The lowest BCUT2D eigenvalue weighted by Gasteiger charge is -2.26. The van der Waals surface area contributed by atoms with Crippen molar-refractivity contribution in [2.24, 2.45) is 0 Å². The van der Waals surface area contributed by atoms with Crippen LogP contribution in [0.2, 0.25) is 0 Å². The topological polar surface area (TPSA) is 54.0 Å². The minimum atomic E-state index is -3.63. The van der Waals surface area contributed by atoms with Gasteiger partial charge < -0.3 is 18.9 Å². The SMILES string of the molecule is C=CCC/C=C(\OCOCCOC)C(F)(F)C(C=C)OC(=O)c1ccccc1. The summed E-state index contributed by atoms with van der Waals surface area (Å²) in [5.74, 6) is -5.16. The third-order valence-electron chi connectivity index (χ3n) is 3.57. The Bertz CT molecular complexity index is 643. The summed E-state index contributed by atoms with van der Waals surface area (Å²) in [4.78, 5) is 12.2. The van der Waals surface area contributed by atoms with Gasteiger partial charge in [-0.05, 0) is 37.1 Å². The molecule has 0 heterocycles. The molecule has 1 aromatic carbocycles. The van der Waals surface area contributed by atoms with Gasteiger partial charge in [-0.1, -0.05) is 30.9 Å². The molecule has 0 radical (unpaired) electrons. The average Bonchev–Trinajstić information content (AvgIpc) is 2.70. The smallest absolute Gasteiger partial charge is 0.343 e. The zero-order valence-electron chi connectivity index (χ0n) is 15.9. The fourth-order valence-corrected chi connectivity index (χ4v) is 2.10. The van der Waals surface area contributed by atoms with E-state index < -0.39 is 30.5 Å². The number of hydrogen-bond donors (Lipinski definition) is 0. The van der Waals surface area contributed by atoms with Crippen molar-refractivity contribution in [1.82, 2.24) is 0 Å². The van der Waals surface area contributed by atoms with E-state index in [1.807, 2.05) is 0 Å². The van der Waals surface area contributed by atoms with E-state index in [1.165, 1.54) is 25.3 Å². The van der Waals surface area contributed by atoms with Crippen molar-refractivity contribution in [2.45, 2.75) is 24.9 Å². The second kappa shape index (κ2) is 12.8. The molecule has 1 rings (SSSR count). The first-order valence-corrected chi connectivity index (χ1v) is 8.74. The minimum absolute atomic E-state index is 0.158. The number of alkyl halides is 2. The predicted octanol–water partition coefficient (Wildman–Crippen LogP) is 4.52. The maximum atomic E-state index is 15.0. The Morgan fingerprint density at radius 1 is 1.18 bits per heavy atom. The van der Waals surface area contributed by atoms with Crippen molar-refractivity contribution < 1.29 is 32.5 Å². The number of carbonyl (C=O) groups is 1. The number of rotatable bonds is 14. The maximum Gasteiger partial charge on any atom is 0.343 e. The Morgan fingerprint density at radius 3 is 2.50 bits per heavy atom. The lowest BCUT2D eigenvalue weighted by atomic mass is 10.1. The van der Waals surface area contributed by atoms with Crippen LogP contribution in [0.1, 0.15) is 23.2 Å². The van der Waals surface area contributed by atoms with Gasteiger partial charge in [0.1, 0.15) is 0 Å². The summed E-state index contributed by atoms with van der Waals surface area (Å²) in [6.07, 6.45) is 2.56. The van der Waals surface area contributed by atoms with Gasteiger partial charge in [-0.3, -0.25) is 0 Å². The quantitative estimate of drug-likeness (QED) is 0.152. The zero-order valence-corrected chi connectivity index (χ0v) is 15.9. The Morgan fingerprint density at radius 2 is 1.89 bits per heavy atom. The van der Waals surface area contributed by atoms with E-state index in [-0.39, 0.29) is 18.6 Å². The second-order valence-electron chi connectivity index (χ2n) is 5.65. The number of carbonyl (C=O) groups excluding carboxylic acids is 1. The molecule has 0 bridgehead atoms. The van der Waals surface area contributed by atoms with Crippen molar-refractivity contribution in [3.63, 3.8) is 0 Å². The van der Waals surface area contributed by atoms with E-state index >= 15 is 0 Å². The predicted molar refractivity (Wildman–Crippen MR) is 102 cm³/mol. The number of unbranched alkanes of at least 4 members (excludes halogenated alkanes) is 1. The number of methoxy groups -OCH3 is 1. The van der Waals surface area contributed by atoms with E-state index in [1.54, 1.807) is 24.3 Å². The van der Waals surface area contributed by atoms with Crippen LogP contribution in [0.4, 0.5) is 8.78 Å². The van der Waals surface area contributed by atoms with Gasteiger partial charge in [0.25, 0.3) is 0 Å². The van der Waals surface area contributed by atoms with Gasteiger partial charge in [-0.25, -0.2) is 4.79 Å². The van der Waals surface area contributed by atoms with E-state index in [9.17, 15) is 13.6 Å². The van der Waals surface area contributed by atoms with Gasteiger partial charge in [0.05, 0.1) is 18.8 Å². The van der Waals surface area contributed by atoms with Crippen LogP contribution >= 0.6 is 0 Å². The van der Waals surface area contributed by atoms with Crippen molar-refractivity contribution in [1.29, 1.82) is 0 Å². The third kappa shape index (κ3) is 7.62. The Hall–Kier alpha value is -2.51. The molecule has 1 aromatic rings. The summed E-state index contributed by atoms with van der Waals surface area (Å²) in [5, 5.41) is 0. The molecule has 1 atom stereocenters. The molecular weight excluding hydrogens is 370 g/mol. The first kappa shape index (κ1) is 23.5. The Balaban J connectivity index is 2.89. The molecule has 0 saturated carbocycles. The lowest BCUT2D eigenvalue weighted by molar-refractivity contribution is -0.126. The fraction of sp³-hybridized carbons (Fsp3) is 0.381. The molecule has 5 nitrogen and oxygen atoms in total. The van der Waals surface area contributed by atoms with Gasteiger partial charge in [0, 0.05) is 7.11 Å². The fourth-order valence-electron chi connectivity index (χ4n) is 2.10. The monoisotopic (exact) mass is 396 g/mol. The average molecular weight is 396 g/mol. The van der Waals surface area contributed by atoms with Crippen molar-refractivity contribution in [3.8, 4) is 0 Å². The molecule has 7 heteroatoms. The number of allylic oxidation sites excluding steroid dienone is 2. The standard InChI is InChI=1S/C21H26F2O5/c1-4-6-8-13-19(27-16-26-15-14-25-3)21(22,23)18(5-2)28-20(24)17-11-9-7-10-12-17/h4-5,7,9-13,18H,1-2,6,8,14-16H2,3H3/b19-13-. The summed E-state index contributed by atoms with van der Waals surface area (Å²) in [5.41, 5.74) is 0.158. The number of esters is 1. The van der Waals surface area contributed by atoms with Crippen LogP contribution < -0.4 is 0 Å². The molecule has 0 aliphatic carbocycles. The third-order valence-corrected chi connectivity index (χ3v) is 3.57. The molecule has 0 aliphatic rings. The first-order chi connectivity index (χ1) is 13.5. The van der Waals surface area contributed by atoms with Gasteiger partial charge in [-0.15, -0.1) is 6.58 Å². The number of hydrogen-bond acceptors (Lipinski definition) is 5. The van der Waals surface area contributed by atoms with Gasteiger partial charge in [-0.2, -0.15) is 8.78 Å². The summed E-state index contributed by atoms with van der Waals surface area (Å²) in [6, 6.07) is 7.87. The summed E-state index contributed by atoms with van der Waals surface area (Å²) >= 11 is 0. The Kier molecular flexibility index (Phi) is 10.8. The normalized spacial score (nSPS) is 12.9. The Labute approximate surface area is 164 Å². The van der Waals surface area contributed by atoms with Crippen LogP contribution in [-0.2, 0) is 18.9 Å². The summed E-state index contributed by atoms with van der Waals surface area (Å²) < 4.78 is 50.0. The summed E-state index contributed by atoms with van der Waals surface area (Å²) in [7, 11) is 1.49. The molecule has 0 N–H and O–H groups in total. The van der Waals surface area contributed by atoms with Gasteiger partial charge in [0.2, 0.25) is 0 Å². The van der Waals surface area contributed by atoms with E-state index in [2.05, 4.69) is 13.2 Å². The molecule has 1 unspecified atom stereocenters. The second-order valence-corrected chi connectivity index (χ2v) is 5.65. The van der Waals surface area contributed by atoms with Crippen molar-refractivity contribution in [3.05, 3.63) is 73.0 Å². The molecule has 0 fully saturated rings. The minimum Gasteiger partial charge on any atom is -0.466 e. The number of halogens is 2. The summed E-state index contributed by atoms with van der Waals surface area (Å²) in [6.45, 7) is 7.03. The zero-order chi connectivity index (χ0) is 20.8. The van der Waals surface area contributed by atoms with Crippen LogP contribution in [0, 0.1) is 0 Å². The highest BCUT2D eigenvalue weighted by atomic mass is 19.3. The molecule has 0 amide bonds.